The van der Waals surface area contributed by atoms with E-state index in [9.17, 15) is 13.2 Å². The number of benzene rings is 2. The zero-order valence-corrected chi connectivity index (χ0v) is 18.4. The van der Waals surface area contributed by atoms with Crippen LogP contribution in [0.3, 0.4) is 0 Å². The summed E-state index contributed by atoms with van der Waals surface area (Å²) in [5.41, 5.74) is 0.948. The van der Waals surface area contributed by atoms with Crippen molar-refractivity contribution in [1.82, 2.24) is 9.62 Å². The van der Waals surface area contributed by atoms with Crippen LogP contribution in [0.1, 0.15) is 35.7 Å². The fraction of sp³-hybridized carbons (Fsp3) is 0.409. The van der Waals surface area contributed by atoms with Crippen LogP contribution < -0.4 is 14.8 Å². The van der Waals surface area contributed by atoms with E-state index in [-0.39, 0.29) is 23.5 Å². The summed E-state index contributed by atoms with van der Waals surface area (Å²) >= 11 is 0. The number of hydrogen-bond acceptors (Lipinski definition) is 5. The van der Waals surface area contributed by atoms with E-state index in [4.69, 9.17) is 9.47 Å². The van der Waals surface area contributed by atoms with Crippen LogP contribution in [0.25, 0.3) is 0 Å². The second-order valence-electron chi connectivity index (χ2n) is 7.45. The van der Waals surface area contributed by atoms with Gasteiger partial charge < -0.3 is 14.8 Å². The van der Waals surface area contributed by atoms with Crippen LogP contribution in [-0.2, 0) is 10.0 Å². The molecule has 1 fully saturated rings. The number of aryl methyl sites for hydroxylation is 1. The third-order valence-corrected chi connectivity index (χ3v) is 7.11. The third kappa shape index (κ3) is 5.12. The van der Waals surface area contributed by atoms with E-state index < -0.39 is 10.0 Å². The molecular formula is C22H28N2O5S. The quantitative estimate of drug-likeness (QED) is 0.693. The van der Waals surface area contributed by atoms with Crippen molar-refractivity contribution in [1.29, 1.82) is 0 Å². The van der Waals surface area contributed by atoms with E-state index in [1.54, 1.807) is 50.4 Å². The number of nitrogens with zero attached hydrogens (tertiary/aromatic N) is 1. The van der Waals surface area contributed by atoms with Crippen LogP contribution in [0.2, 0.25) is 0 Å². The molecule has 8 heteroatoms. The molecule has 0 saturated carbocycles. The van der Waals surface area contributed by atoms with Crippen LogP contribution in [0, 0.1) is 6.92 Å². The van der Waals surface area contributed by atoms with Gasteiger partial charge in [-0.15, -0.1) is 0 Å². The molecule has 30 heavy (non-hydrogen) atoms. The normalized spacial score (nSPS) is 15.6. The Morgan fingerprint density at radius 2 is 1.73 bits per heavy atom. The second kappa shape index (κ2) is 9.49. The van der Waals surface area contributed by atoms with Gasteiger partial charge in [-0.05, 0) is 68.7 Å². The summed E-state index contributed by atoms with van der Waals surface area (Å²) in [5.74, 6) is 1.08. The molecule has 0 aromatic heterocycles. The first-order valence-corrected chi connectivity index (χ1v) is 11.4. The predicted octanol–water partition coefficient (Wildman–Crippen LogP) is 2.99. The molecule has 2 aromatic carbocycles. The zero-order chi connectivity index (χ0) is 21.7. The van der Waals surface area contributed by atoms with Crippen LogP contribution in [0.4, 0.5) is 0 Å². The van der Waals surface area contributed by atoms with Crippen molar-refractivity contribution in [3.63, 3.8) is 0 Å². The third-order valence-electron chi connectivity index (χ3n) is 5.07. The molecule has 1 heterocycles. The second-order valence-corrected chi connectivity index (χ2v) is 9.36. The lowest BCUT2D eigenvalue weighted by Gasteiger charge is -2.19. The Balaban J connectivity index is 1.64. The molecule has 162 valence electrons. The molecule has 2 aromatic rings. The van der Waals surface area contributed by atoms with E-state index in [0.717, 1.165) is 18.6 Å². The summed E-state index contributed by atoms with van der Waals surface area (Å²) in [6, 6.07) is 11.7. The molecule has 0 radical (unpaired) electrons. The summed E-state index contributed by atoms with van der Waals surface area (Å²) in [6.07, 6.45) is 1.73. The van der Waals surface area contributed by atoms with Crippen molar-refractivity contribution in [2.75, 3.05) is 26.8 Å². The van der Waals surface area contributed by atoms with Gasteiger partial charge in [0.25, 0.3) is 5.91 Å². The number of carbonyl (C=O) groups is 1. The maximum atomic E-state index is 12.9. The standard InChI is InChI=1S/C22H28N2O5S/c1-16-6-7-18(14-21(16)30(26,27)24-12-4-5-13-24)22(25)23-17(2)15-29-20-10-8-19(28-3)9-11-20/h6-11,14,17H,4-5,12-13,15H2,1-3H3,(H,23,25)/t17-/m0/s1. The average Bonchev–Trinajstić information content (AvgIpc) is 3.28. The molecule has 7 nitrogen and oxygen atoms in total. The first kappa shape index (κ1) is 22.1. The molecule has 3 rings (SSSR count). The highest BCUT2D eigenvalue weighted by atomic mass is 32.2. The van der Waals surface area contributed by atoms with Gasteiger partial charge in [-0.2, -0.15) is 4.31 Å². The number of methoxy groups -OCH3 is 1. The van der Waals surface area contributed by atoms with Crippen LogP contribution in [-0.4, -0.2) is 51.5 Å². The first-order chi connectivity index (χ1) is 14.3. The summed E-state index contributed by atoms with van der Waals surface area (Å²) in [7, 11) is -1.99. The lowest BCUT2D eigenvalue weighted by Crippen LogP contribution is -2.37. The molecule has 1 saturated heterocycles. The highest BCUT2D eigenvalue weighted by molar-refractivity contribution is 7.89. The maximum absolute atomic E-state index is 12.9. The number of ether oxygens (including phenoxy) is 2. The average molecular weight is 433 g/mol. The topological polar surface area (TPSA) is 84.9 Å². The molecular weight excluding hydrogens is 404 g/mol. The van der Waals surface area contributed by atoms with Crippen LogP contribution >= 0.6 is 0 Å². The lowest BCUT2D eigenvalue weighted by atomic mass is 10.1. The van der Waals surface area contributed by atoms with Crippen molar-refractivity contribution < 1.29 is 22.7 Å². The number of carbonyl (C=O) groups excluding carboxylic acids is 1. The van der Waals surface area contributed by atoms with Crippen LogP contribution in [0.15, 0.2) is 47.4 Å². The predicted molar refractivity (Wildman–Crippen MR) is 115 cm³/mol. The van der Waals surface area contributed by atoms with Crippen molar-refractivity contribution in [3.8, 4) is 11.5 Å². The maximum Gasteiger partial charge on any atom is 0.251 e. The van der Waals surface area contributed by atoms with Gasteiger partial charge in [-0.3, -0.25) is 4.79 Å². The lowest BCUT2D eigenvalue weighted by molar-refractivity contribution is 0.0926. The van der Waals surface area contributed by atoms with Gasteiger partial charge in [0.2, 0.25) is 10.0 Å². The summed E-state index contributed by atoms with van der Waals surface area (Å²) < 4.78 is 38.1. The number of amides is 1. The Labute approximate surface area is 178 Å². The fourth-order valence-corrected chi connectivity index (χ4v) is 5.10. The van der Waals surface area contributed by atoms with E-state index in [2.05, 4.69) is 5.32 Å². The van der Waals surface area contributed by atoms with Crippen molar-refractivity contribution >= 4 is 15.9 Å². The highest BCUT2D eigenvalue weighted by Crippen LogP contribution is 2.24. The van der Waals surface area contributed by atoms with Crippen molar-refractivity contribution in [2.24, 2.45) is 0 Å². The molecule has 1 atom stereocenters. The minimum absolute atomic E-state index is 0.194. The zero-order valence-electron chi connectivity index (χ0n) is 17.6. The van der Waals surface area contributed by atoms with Gasteiger partial charge in [0, 0.05) is 18.7 Å². The highest BCUT2D eigenvalue weighted by Gasteiger charge is 2.29. The summed E-state index contributed by atoms with van der Waals surface area (Å²) in [6.45, 7) is 4.91. The molecule has 0 spiro atoms. The van der Waals surface area contributed by atoms with Gasteiger partial charge in [0.15, 0.2) is 0 Å². The summed E-state index contributed by atoms with van der Waals surface area (Å²) in [4.78, 5) is 12.9. The largest absolute Gasteiger partial charge is 0.497 e. The van der Waals surface area contributed by atoms with Gasteiger partial charge in [0.05, 0.1) is 18.0 Å². The van der Waals surface area contributed by atoms with Gasteiger partial charge >= 0.3 is 0 Å². The first-order valence-electron chi connectivity index (χ1n) is 10.00. The fourth-order valence-electron chi connectivity index (χ4n) is 3.33. The van der Waals surface area contributed by atoms with Gasteiger partial charge in [-0.25, -0.2) is 8.42 Å². The Kier molecular flexibility index (Phi) is 6.99. The van der Waals surface area contributed by atoms with Crippen molar-refractivity contribution in [2.45, 2.75) is 37.6 Å². The van der Waals surface area contributed by atoms with E-state index in [0.29, 0.717) is 30.0 Å². The Hall–Kier alpha value is -2.58. The van der Waals surface area contributed by atoms with Gasteiger partial charge in [-0.1, -0.05) is 6.07 Å². The van der Waals surface area contributed by atoms with Crippen LogP contribution in [0.5, 0.6) is 11.5 Å². The number of rotatable bonds is 8. The SMILES string of the molecule is COc1ccc(OC[C@H](C)NC(=O)c2ccc(C)c(S(=O)(=O)N3CCCC3)c2)cc1. The van der Waals surface area contributed by atoms with Crippen molar-refractivity contribution in [3.05, 3.63) is 53.6 Å². The molecule has 1 N–H and O–H groups in total. The minimum atomic E-state index is -3.59. The molecule has 1 amide bonds. The minimum Gasteiger partial charge on any atom is -0.497 e. The van der Waals surface area contributed by atoms with E-state index in [1.807, 2.05) is 6.92 Å². The molecule has 0 bridgehead atoms. The molecule has 1 aliphatic heterocycles. The number of sulfonamides is 1. The van der Waals surface area contributed by atoms with Gasteiger partial charge in [0.1, 0.15) is 18.1 Å². The molecule has 1 aliphatic rings. The Morgan fingerprint density at radius 1 is 1.10 bits per heavy atom. The number of hydrogen-bond donors (Lipinski definition) is 1. The van der Waals surface area contributed by atoms with E-state index >= 15 is 0 Å². The molecule has 0 unspecified atom stereocenters. The number of nitrogens with one attached hydrogen (secondary N) is 1. The smallest absolute Gasteiger partial charge is 0.251 e. The molecule has 0 aliphatic carbocycles. The monoisotopic (exact) mass is 432 g/mol. The Morgan fingerprint density at radius 3 is 2.37 bits per heavy atom. The Bertz CT molecular complexity index is 983. The summed E-state index contributed by atoms with van der Waals surface area (Å²) in [5, 5.41) is 2.86. The van der Waals surface area contributed by atoms with E-state index in [1.165, 1.54) is 10.4 Å².